The number of ether oxygens (including phenoxy) is 2. The van der Waals surface area contributed by atoms with E-state index in [1.165, 1.54) is 0 Å². The van der Waals surface area contributed by atoms with Crippen molar-refractivity contribution < 1.29 is 14.3 Å². The summed E-state index contributed by atoms with van der Waals surface area (Å²) >= 11 is 0. The first-order chi connectivity index (χ1) is 10.3. The van der Waals surface area contributed by atoms with Gasteiger partial charge < -0.3 is 14.8 Å². The summed E-state index contributed by atoms with van der Waals surface area (Å²) in [7, 11) is 1.60. The summed E-state index contributed by atoms with van der Waals surface area (Å²) in [4.78, 5) is 11.7. The molecule has 0 aliphatic heterocycles. The van der Waals surface area contributed by atoms with Gasteiger partial charge in [-0.25, -0.2) is 0 Å². The van der Waals surface area contributed by atoms with Gasteiger partial charge in [-0.2, -0.15) is 0 Å². The highest BCUT2D eigenvalue weighted by atomic mass is 16.5. The first-order valence-corrected chi connectivity index (χ1v) is 6.93. The Labute approximate surface area is 124 Å². The van der Waals surface area contributed by atoms with E-state index in [1.807, 2.05) is 42.5 Å². The number of hydrogen-bond acceptors (Lipinski definition) is 3. The van der Waals surface area contributed by atoms with Gasteiger partial charge in [-0.15, -0.1) is 0 Å². The molecule has 0 spiro atoms. The zero-order valence-corrected chi connectivity index (χ0v) is 12.0. The smallest absolute Gasteiger partial charge is 0.254 e. The summed E-state index contributed by atoms with van der Waals surface area (Å²) < 4.78 is 11.2. The van der Waals surface area contributed by atoms with Crippen molar-refractivity contribution in [1.82, 2.24) is 5.32 Å². The van der Waals surface area contributed by atoms with E-state index in [2.05, 4.69) is 5.32 Å². The minimum absolute atomic E-state index is 0.147. The van der Waals surface area contributed by atoms with E-state index >= 15 is 0 Å². The van der Waals surface area contributed by atoms with Gasteiger partial charge in [0.1, 0.15) is 11.5 Å². The molecule has 0 aromatic heterocycles. The van der Waals surface area contributed by atoms with Crippen LogP contribution in [0.15, 0.2) is 54.6 Å². The van der Waals surface area contributed by atoms with Gasteiger partial charge in [-0.3, -0.25) is 4.79 Å². The average Bonchev–Trinajstić information content (AvgIpc) is 2.55. The molecule has 4 nitrogen and oxygen atoms in total. The van der Waals surface area contributed by atoms with Crippen LogP contribution in [0.3, 0.4) is 0 Å². The number of hydrogen-bond donors (Lipinski definition) is 1. The van der Waals surface area contributed by atoms with Crippen molar-refractivity contribution in [3.63, 3.8) is 0 Å². The fraction of sp³-hybridized carbons (Fsp3) is 0.235. The molecule has 0 radical (unpaired) electrons. The summed E-state index contributed by atoms with van der Waals surface area (Å²) in [5.74, 6) is 1.30. The van der Waals surface area contributed by atoms with E-state index in [0.717, 1.165) is 12.2 Å². The normalized spacial score (nSPS) is 9.95. The van der Waals surface area contributed by atoms with E-state index in [4.69, 9.17) is 9.47 Å². The molecular formula is C17H19NO3. The lowest BCUT2D eigenvalue weighted by atomic mass is 10.2. The van der Waals surface area contributed by atoms with Crippen LogP contribution in [0.2, 0.25) is 0 Å². The topological polar surface area (TPSA) is 47.6 Å². The zero-order chi connectivity index (χ0) is 14.9. The Bertz CT molecular complexity index is 569. The number of para-hydroxylation sites is 2. The van der Waals surface area contributed by atoms with Crippen LogP contribution in [0, 0.1) is 0 Å². The minimum atomic E-state index is -0.147. The molecule has 0 saturated carbocycles. The van der Waals surface area contributed by atoms with Crippen molar-refractivity contribution in [3.05, 3.63) is 60.2 Å². The lowest BCUT2D eigenvalue weighted by Crippen LogP contribution is -2.19. The number of rotatable bonds is 7. The van der Waals surface area contributed by atoms with Gasteiger partial charge >= 0.3 is 0 Å². The predicted molar refractivity (Wildman–Crippen MR) is 81.9 cm³/mol. The zero-order valence-electron chi connectivity index (χ0n) is 12.0. The largest absolute Gasteiger partial charge is 0.493 e. The molecule has 21 heavy (non-hydrogen) atoms. The predicted octanol–water partition coefficient (Wildman–Crippen LogP) is 2.89. The Morgan fingerprint density at radius 3 is 2.38 bits per heavy atom. The second kappa shape index (κ2) is 7.94. The number of amides is 1. The molecule has 0 heterocycles. The van der Waals surface area contributed by atoms with Crippen LogP contribution in [0.1, 0.15) is 16.8 Å². The van der Waals surface area contributed by atoms with Crippen molar-refractivity contribution in [2.75, 3.05) is 20.3 Å². The maximum Gasteiger partial charge on any atom is 0.254 e. The van der Waals surface area contributed by atoms with E-state index in [0.29, 0.717) is 24.5 Å². The van der Waals surface area contributed by atoms with Crippen molar-refractivity contribution in [2.24, 2.45) is 0 Å². The Morgan fingerprint density at radius 2 is 1.62 bits per heavy atom. The first kappa shape index (κ1) is 14.9. The number of nitrogens with one attached hydrogen (secondary N) is 1. The molecule has 4 heteroatoms. The molecule has 2 aromatic carbocycles. The standard InChI is InChI=1S/C17H19NO3/c1-18-17(19)15-10-5-6-11-16(15)21-13-7-12-20-14-8-3-2-4-9-14/h2-6,8-11H,7,12-13H2,1H3,(H,18,19). The van der Waals surface area contributed by atoms with E-state index in [1.54, 1.807) is 19.2 Å². The summed E-state index contributed by atoms with van der Waals surface area (Å²) in [5, 5.41) is 2.60. The fourth-order valence-electron chi connectivity index (χ4n) is 1.86. The van der Waals surface area contributed by atoms with Gasteiger partial charge in [0.2, 0.25) is 0 Å². The summed E-state index contributed by atoms with van der Waals surface area (Å²) in [6.45, 7) is 1.08. The molecule has 0 atom stereocenters. The van der Waals surface area contributed by atoms with Crippen molar-refractivity contribution in [1.29, 1.82) is 0 Å². The molecular weight excluding hydrogens is 266 g/mol. The van der Waals surface area contributed by atoms with Crippen LogP contribution in [0.25, 0.3) is 0 Å². The number of benzene rings is 2. The third-order valence-corrected chi connectivity index (χ3v) is 2.92. The molecule has 1 amide bonds. The maximum absolute atomic E-state index is 11.7. The highest BCUT2D eigenvalue weighted by molar-refractivity contribution is 5.96. The van der Waals surface area contributed by atoms with Gasteiger partial charge in [0.05, 0.1) is 18.8 Å². The molecule has 0 fully saturated rings. The lowest BCUT2D eigenvalue weighted by molar-refractivity contribution is 0.0959. The molecule has 0 aliphatic rings. The minimum Gasteiger partial charge on any atom is -0.493 e. The monoisotopic (exact) mass is 285 g/mol. The van der Waals surface area contributed by atoms with Gasteiger partial charge in [0, 0.05) is 13.5 Å². The van der Waals surface area contributed by atoms with Crippen LogP contribution in [-0.2, 0) is 0 Å². The quantitative estimate of drug-likeness (QED) is 0.796. The molecule has 0 aliphatic carbocycles. The number of carbonyl (C=O) groups is 1. The van der Waals surface area contributed by atoms with Crippen LogP contribution < -0.4 is 14.8 Å². The lowest BCUT2D eigenvalue weighted by Gasteiger charge is -2.11. The summed E-state index contributed by atoms with van der Waals surface area (Å²) in [6.07, 6.45) is 0.747. The first-order valence-electron chi connectivity index (χ1n) is 6.93. The Hall–Kier alpha value is -2.49. The summed E-state index contributed by atoms with van der Waals surface area (Å²) in [5.41, 5.74) is 0.545. The van der Waals surface area contributed by atoms with E-state index in [-0.39, 0.29) is 5.91 Å². The van der Waals surface area contributed by atoms with Crippen molar-refractivity contribution in [3.8, 4) is 11.5 Å². The van der Waals surface area contributed by atoms with Gasteiger partial charge in [0.15, 0.2) is 0 Å². The molecule has 1 N–H and O–H groups in total. The number of carbonyl (C=O) groups excluding carboxylic acids is 1. The molecule has 2 aromatic rings. The highest BCUT2D eigenvalue weighted by Gasteiger charge is 2.09. The molecule has 0 saturated heterocycles. The van der Waals surface area contributed by atoms with Crippen molar-refractivity contribution >= 4 is 5.91 Å². The van der Waals surface area contributed by atoms with Crippen LogP contribution in [0.4, 0.5) is 0 Å². The third kappa shape index (κ3) is 4.53. The highest BCUT2D eigenvalue weighted by Crippen LogP contribution is 2.18. The molecule has 0 bridgehead atoms. The second-order valence-corrected chi connectivity index (χ2v) is 4.44. The Morgan fingerprint density at radius 1 is 0.952 bits per heavy atom. The average molecular weight is 285 g/mol. The van der Waals surface area contributed by atoms with Gasteiger partial charge in [0.25, 0.3) is 5.91 Å². The van der Waals surface area contributed by atoms with Crippen LogP contribution in [0.5, 0.6) is 11.5 Å². The van der Waals surface area contributed by atoms with E-state index in [9.17, 15) is 4.79 Å². The fourth-order valence-corrected chi connectivity index (χ4v) is 1.86. The van der Waals surface area contributed by atoms with Gasteiger partial charge in [-0.05, 0) is 24.3 Å². The second-order valence-electron chi connectivity index (χ2n) is 4.44. The third-order valence-electron chi connectivity index (χ3n) is 2.92. The van der Waals surface area contributed by atoms with Crippen LogP contribution in [-0.4, -0.2) is 26.2 Å². The van der Waals surface area contributed by atoms with Gasteiger partial charge in [-0.1, -0.05) is 30.3 Å². The summed E-state index contributed by atoms with van der Waals surface area (Å²) in [6, 6.07) is 16.9. The molecule has 0 unspecified atom stereocenters. The Balaban J connectivity index is 1.77. The molecule has 110 valence electrons. The van der Waals surface area contributed by atoms with Crippen molar-refractivity contribution in [2.45, 2.75) is 6.42 Å². The Kier molecular flexibility index (Phi) is 5.64. The molecule has 2 rings (SSSR count). The van der Waals surface area contributed by atoms with Crippen LogP contribution >= 0.6 is 0 Å². The SMILES string of the molecule is CNC(=O)c1ccccc1OCCCOc1ccccc1. The maximum atomic E-state index is 11.7. The van der Waals surface area contributed by atoms with E-state index < -0.39 is 0 Å².